The Morgan fingerprint density at radius 1 is 1.17 bits per heavy atom. The van der Waals surface area contributed by atoms with Gasteiger partial charge < -0.3 is 15.2 Å². The molecule has 0 amide bonds. The van der Waals surface area contributed by atoms with Gasteiger partial charge in [0.25, 0.3) is 0 Å². The molecule has 2 aromatic rings. The van der Waals surface area contributed by atoms with E-state index in [0.29, 0.717) is 18.0 Å². The van der Waals surface area contributed by atoms with Crippen LogP contribution in [0.3, 0.4) is 0 Å². The van der Waals surface area contributed by atoms with Crippen molar-refractivity contribution in [3.8, 4) is 11.5 Å². The Morgan fingerprint density at radius 2 is 2.00 bits per heavy atom. The molecule has 0 saturated heterocycles. The summed E-state index contributed by atoms with van der Waals surface area (Å²) in [5.41, 5.74) is 7.04. The van der Waals surface area contributed by atoms with E-state index in [1.54, 1.807) is 7.11 Å². The van der Waals surface area contributed by atoms with Crippen molar-refractivity contribution in [1.29, 1.82) is 0 Å². The maximum atomic E-state index is 13.0. The largest absolute Gasteiger partial charge is 0.497 e. The first-order valence-corrected chi connectivity index (χ1v) is 5.50. The Morgan fingerprint density at radius 3 is 2.78 bits per heavy atom. The van der Waals surface area contributed by atoms with Gasteiger partial charge in [-0.2, -0.15) is 0 Å². The van der Waals surface area contributed by atoms with Gasteiger partial charge in [0, 0.05) is 6.07 Å². The average molecular weight is 247 g/mol. The number of hydrogen-bond donors (Lipinski definition) is 1. The summed E-state index contributed by atoms with van der Waals surface area (Å²) in [7, 11) is 1.60. The van der Waals surface area contributed by atoms with Crippen LogP contribution in [0.5, 0.6) is 11.5 Å². The van der Waals surface area contributed by atoms with E-state index in [4.69, 9.17) is 15.2 Å². The van der Waals surface area contributed by atoms with E-state index < -0.39 is 0 Å². The molecule has 0 aliphatic rings. The van der Waals surface area contributed by atoms with Crippen molar-refractivity contribution in [2.24, 2.45) is 0 Å². The van der Waals surface area contributed by atoms with Gasteiger partial charge in [0.05, 0.1) is 12.8 Å². The highest BCUT2D eigenvalue weighted by atomic mass is 19.1. The lowest BCUT2D eigenvalue weighted by Gasteiger charge is -2.09. The van der Waals surface area contributed by atoms with E-state index in [-0.39, 0.29) is 5.82 Å². The Labute approximate surface area is 105 Å². The third-order valence-corrected chi connectivity index (χ3v) is 2.50. The van der Waals surface area contributed by atoms with Crippen LogP contribution in [0.15, 0.2) is 42.5 Å². The first kappa shape index (κ1) is 12.2. The third kappa shape index (κ3) is 2.91. The molecule has 2 aromatic carbocycles. The minimum Gasteiger partial charge on any atom is -0.497 e. The molecule has 0 spiro atoms. The maximum Gasteiger partial charge on any atom is 0.145 e. The van der Waals surface area contributed by atoms with Crippen LogP contribution in [0.1, 0.15) is 5.56 Å². The Balaban J connectivity index is 2.08. The number of ether oxygens (including phenoxy) is 2. The molecule has 0 saturated carbocycles. The smallest absolute Gasteiger partial charge is 0.145 e. The van der Waals surface area contributed by atoms with Crippen LogP contribution >= 0.6 is 0 Å². The molecule has 0 unspecified atom stereocenters. The van der Waals surface area contributed by atoms with Gasteiger partial charge in [0.1, 0.15) is 23.9 Å². The lowest BCUT2D eigenvalue weighted by molar-refractivity contribution is 0.305. The zero-order chi connectivity index (χ0) is 13.0. The molecule has 0 aliphatic carbocycles. The van der Waals surface area contributed by atoms with Crippen molar-refractivity contribution in [3.63, 3.8) is 0 Å². The number of rotatable bonds is 4. The van der Waals surface area contributed by atoms with Crippen LogP contribution in [0, 0.1) is 5.82 Å². The van der Waals surface area contributed by atoms with Gasteiger partial charge in [-0.1, -0.05) is 12.1 Å². The number of hydrogen-bond acceptors (Lipinski definition) is 3. The predicted octanol–water partition coefficient (Wildman–Crippen LogP) is 3.00. The molecule has 0 atom stereocenters. The molecule has 2 N–H and O–H groups in total. The summed E-state index contributed by atoms with van der Waals surface area (Å²) in [6, 6.07) is 11.5. The molecule has 2 rings (SSSR count). The topological polar surface area (TPSA) is 44.5 Å². The molecule has 0 fully saturated rings. The summed E-state index contributed by atoms with van der Waals surface area (Å²) in [5.74, 6) is 0.728. The average Bonchev–Trinajstić information content (AvgIpc) is 2.40. The van der Waals surface area contributed by atoms with Gasteiger partial charge in [-0.05, 0) is 29.8 Å². The number of anilines is 1. The van der Waals surface area contributed by atoms with Crippen LogP contribution in [0.4, 0.5) is 10.1 Å². The van der Waals surface area contributed by atoms with Crippen LogP contribution in [0.25, 0.3) is 0 Å². The van der Waals surface area contributed by atoms with Crippen molar-refractivity contribution in [2.75, 3.05) is 12.8 Å². The second-order valence-corrected chi connectivity index (χ2v) is 3.82. The zero-order valence-corrected chi connectivity index (χ0v) is 10.0. The normalized spacial score (nSPS) is 10.1. The predicted molar refractivity (Wildman–Crippen MR) is 68.1 cm³/mol. The van der Waals surface area contributed by atoms with Crippen LogP contribution in [-0.2, 0) is 6.61 Å². The van der Waals surface area contributed by atoms with Gasteiger partial charge in [0.2, 0.25) is 0 Å². The first-order chi connectivity index (χ1) is 8.69. The van der Waals surface area contributed by atoms with E-state index in [2.05, 4.69) is 0 Å². The highest BCUT2D eigenvalue weighted by molar-refractivity contribution is 5.52. The number of nitrogen functional groups attached to an aromatic ring is 1. The second kappa shape index (κ2) is 5.40. The second-order valence-electron chi connectivity index (χ2n) is 3.82. The Kier molecular flexibility index (Phi) is 3.67. The lowest BCUT2D eigenvalue weighted by Crippen LogP contribution is -1.99. The van der Waals surface area contributed by atoms with Gasteiger partial charge in [-0.25, -0.2) is 4.39 Å². The maximum absolute atomic E-state index is 13.0. The van der Waals surface area contributed by atoms with Gasteiger partial charge >= 0.3 is 0 Å². The summed E-state index contributed by atoms with van der Waals surface area (Å²) in [6.07, 6.45) is 0. The van der Waals surface area contributed by atoms with E-state index in [9.17, 15) is 4.39 Å². The van der Waals surface area contributed by atoms with Crippen LogP contribution in [-0.4, -0.2) is 7.11 Å². The van der Waals surface area contributed by atoms with Crippen LogP contribution < -0.4 is 15.2 Å². The zero-order valence-electron chi connectivity index (χ0n) is 10.0. The number of benzene rings is 2. The molecule has 0 radical (unpaired) electrons. The molecule has 18 heavy (non-hydrogen) atoms. The summed E-state index contributed by atoms with van der Waals surface area (Å²) < 4.78 is 23.6. The van der Waals surface area contributed by atoms with E-state index in [0.717, 1.165) is 11.3 Å². The van der Waals surface area contributed by atoms with Crippen molar-refractivity contribution < 1.29 is 13.9 Å². The standard InChI is InChI=1S/C14H14FNO2/c1-17-12-4-2-3-10(7-12)9-18-14-8-11(15)5-6-13(14)16/h2-8H,9,16H2,1H3. The Hall–Kier alpha value is -2.23. The summed E-state index contributed by atoms with van der Waals surface area (Å²) in [5, 5.41) is 0. The van der Waals surface area contributed by atoms with E-state index in [1.807, 2.05) is 24.3 Å². The number of nitrogens with two attached hydrogens (primary N) is 1. The molecule has 0 aromatic heterocycles. The fraction of sp³-hybridized carbons (Fsp3) is 0.143. The van der Waals surface area contributed by atoms with E-state index >= 15 is 0 Å². The summed E-state index contributed by atoms with van der Waals surface area (Å²) >= 11 is 0. The fourth-order valence-electron chi connectivity index (χ4n) is 1.56. The van der Waals surface area contributed by atoms with E-state index in [1.165, 1.54) is 18.2 Å². The molecule has 3 nitrogen and oxygen atoms in total. The van der Waals surface area contributed by atoms with Crippen molar-refractivity contribution >= 4 is 5.69 Å². The van der Waals surface area contributed by atoms with Crippen molar-refractivity contribution in [3.05, 3.63) is 53.8 Å². The monoisotopic (exact) mass is 247 g/mol. The van der Waals surface area contributed by atoms with Gasteiger partial charge in [-0.15, -0.1) is 0 Å². The molecular weight excluding hydrogens is 233 g/mol. The highest BCUT2D eigenvalue weighted by Gasteiger charge is 2.03. The lowest BCUT2D eigenvalue weighted by atomic mass is 10.2. The molecule has 0 heterocycles. The van der Waals surface area contributed by atoms with Crippen LogP contribution in [0.2, 0.25) is 0 Å². The highest BCUT2D eigenvalue weighted by Crippen LogP contribution is 2.23. The Bertz CT molecular complexity index is 543. The molecular formula is C14H14FNO2. The molecule has 0 bridgehead atoms. The molecule has 0 aliphatic heterocycles. The molecule has 4 heteroatoms. The van der Waals surface area contributed by atoms with Gasteiger partial charge in [-0.3, -0.25) is 0 Å². The number of halogens is 1. The quantitative estimate of drug-likeness (QED) is 0.845. The first-order valence-electron chi connectivity index (χ1n) is 5.50. The van der Waals surface area contributed by atoms with Gasteiger partial charge in [0.15, 0.2) is 0 Å². The third-order valence-electron chi connectivity index (χ3n) is 2.50. The molecule has 94 valence electrons. The van der Waals surface area contributed by atoms with Crippen molar-refractivity contribution in [1.82, 2.24) is 0 Å². The summed E-state index contributed by atoms with van der Waals surface area (Å²) in [4.78, 5) is 0. The summed E-state index contributed by atoms with van der Waals surface area (Å²) in [6.45, 7) is 0.310. The SMILES string of the molecule is COc1cccc(COc2cc(F)ccc2N)c1. The number of methoxy groups -OCH3 is 1. The minimum absolute atomic E-state index is 0.310. The van der Waals surface area contributed by atoms with Crippen molar-refractivity contribution in [2.45, 2.75) is 6.61 Å². The minimum atomic E-state index is -0.371. The fourth-order valence-corrected chi connectivity index (χ4v) is 1.56.